The summed E-state index contributed by atoms with van der Waals surface area (Å²) in [5, 5.41) is 8.11. The fourth-order valence-electron chi connectivity index (χ4n) is 0.291. The summed E-state index contributed by atoms with van der Waals surface area (Å²) in [7, 11) is 1.38. The molecule has 0 bridgehead atoms. The van der Waals surface area contributed by atoms with Gasteiger partial charge in [0.1, 0.15) is 6.54 Å². The Morgan fingerprint density at radius 2 is 2.11 bits per heavy atom. The van der Waals surface area contributed by atoms with Crippen molar-refractivity contribution in [2.75, 3.05) is 13.6 Å². The zero-order valence-electron chi connectivity index (χ0n) is 5.13. The first-order chi connectivity index (χ1) is 4.04. The molecule has 0 spiro atoms. The zero-order chi connectivity index (χ0) is 7.44. The molecule has 4 heteroatoms. The molecule has 0 fully saturated rings. The Hall–Kier alpha value is -1.06. The van der Waals surface area contributed by atoms with Crippen LogP contribution in [0, 0.1) is 6.92 Å². The second-order valence-electron chi connectivity index (χ2n) is 1.64. The summed E-state index contributed by atoms with van der Waals surface area (Å²) >= 11 is 0. The van der Waals surface area contributed by atoms with Crippen LogP contribution < -0.4 is 0 Å². The Bertz CT molecular complexity index is 132. The fraction of sp³-hybridized carbons (Fsp3) is 0.400. The molecule has 0 heterocycles. The number of hydrogen-bond donors (Lipinski definition) is 1. The van der Waals surface area contributed by atoms with Crippen LogP contribution in [-0.4, -0.2) is 35.5 Å². The third-order valence-electron chi connectivity index (χ3n) is 0.798. The van der Waals surface area contributed by atoms with Crippen molar-refractivity contribution in [3.63, 3.8) is 0 Å². The van der Waals surface area contributed by atoms with Crippen molar-refractivity contribution in [1.82, 2.24) is 4.90 Å². The van der Waals surface area contributed by atoms with E-state index in [0.717, 1.165) is 4.90 Å². The molecule has 0 aliphatic carbocycles. The molecule has 0 saturated carbocycles. The van der Waals surface area contributed by atoms with E-state index in [1.807, 2.05) is 0 Å². The molecule has 0 aromatic carbocycles. The van der Waals surface area contributed by atoms with Crippen LogP contribution in [0.5, 0.6) is 0 Å². The third kappa shape index (κ3) is 3.52. The number of carbonyl (C=O) groups excluding carboxylic acids is 1. The Labute approximate surface area is 53.1 Å². The number of rotatable bonds is 2. The maximum absolute atomic E-state index is 10.2. The normalized spacial score (nSPS) is 8.67. The number of aliphatic carboxylic acids is 1. The molecule has 1 amide bonds. The van der Waals surface area contributed by atoms with E-state index in [4.69, 9.17) is 5.11 Å². The Kier molecular flexibility index (Phi) is 2.70. The molecule has 0 atom stereocenters. The van der Waals surface area contributed by atoms with Crippen LogP contribution in [0.4, 0.5) is 0 Å². The molecule has 0 saturated heterocycles. The van der Waals surface area contributed by atoms with Crippen LogP contribution in [0.25, 0.3) is 0 Å². The highest BCUT2D eigenvalue weighted by Gasteiger charge is 2.05. The van der Waals surface area contributed by atoms with Gasteiger partial charge in [0.2, 0.25) is 5.91 Å². The van der Waals surface area contributed by atoms with Gasteiger partial charge in [0, 0.05) is 14.0 Å². The highest BCUT2D eigenvalue weighted by atomic mass is 16.4. The molecule has 4 nitrogen and oxygen atoms in total. The monoisotopic (exact) mass is 130 g/mol. The van der Waals surface area contributed by atoms with Crippen molar-refractivity contribution in [1.29, 1.82) is 0 Å². The van der Waals surface area contributed by atoms with Gasteiger partial charge in [0.05, 0.1) is 0 Å². The van der Waals surface area contributed by atoms with E-state index >= 15 is 0 Å². The van der Waals surface area contributed by atoms with E-state index in [0.29, 0.717) is 0 Å². The van der Waals surface area contributed by atoms with Crippen molar-refractivity contribution in [2.24, 2.45) is 0 Å². The molecule has 0 aromatic rings. The molecule has 1 N–H and O–H groups in total. The topological polar surface area (TPSA) is 57.6 Å². The van der Waals surface area contributed by atoms with E-state index in [1.54, 1.807) is 0 Å². The lowest BCUT2D eigenvalue weighted by molar-refractivity contribution is -0.141. The number of hydrogen-bond acceptors (Lipinski definition) is 2. The zero-order valence-corrected chi connectivity index (χ0v) is 5.13. The predicted molar refractivity (Wildman–Crippen MR) is 30.6 cm³/mol. The maximum atomic E-state index is 10.2. The standard InChI is InChI=1S/C5H8NO3/c1-4(7)6(2)3-5(8)9/h1,3H2,2H3,(H,8,9). The molecular formula is C5H8NO3. The molecule has 0 aromatic heterocycles. The number of amides is 1. The third-order valence-corrected chi connectivity index (χ3v) is 0.798. The van der Waals surface area contributed by atoms with Crippen molar-refractivity contribution in [2.45, 2.75) is 0 Å². The van der Waals surface area contributed by atoms with Gasteiger partial charge in [-0.05, 0) is 0 Å². The minimum Gasteiger partial charge on any atom is -0.480 e. The van der Waals surface area contributed by atoms with E-state index in [1.165, 1.54) is 7.05 Å². The molecule has 51 valence electrons. The lowest BCUT2D eigenvalue weighted by atomic mass is 10.5. The van der Waals surface area contributed by atoms with Gasteiger partial charge >= 0.3 is 5.97 Å². The Morgan fingerprint density at radius 3 is 2.22 bits per heavy atom. The van der Waals surface area contributed by atoms with Gasteiger partial charge in [-0.1, -0.05) is 0 Å². The summed E-state index contributed by atoms with van der Waals surface area (Å²) in [6.45, 7) is 2.73. The van der Waals surface area contributed by atoms with Gasteiger partial charge < -0.3 is 10.0 Å². The average Bonchev–Trinajstić information content (AvgIpc) is 1.63. The fourth-order valence-corrected chi connectivity index (χ4v) is 0.291. The first kappa shape index (κ1) is 7.94. The van der Waals surface area contributed by atoms with Gasteiger partial charge in [0.15, 0.2) is 0 Å². The SMILES string of the molecule is [CH2]C(=O)N(C)CC(=O)O. The van der Waals surface area contributed by atoms with Crippen molar-refractivity contribution < 1.29 is 14.7 Å². The van der Waals surface area contributed by atoms with E-state index in [-0.39, 0.29) is 6.54 Å². The second-order valence-corrected chi connectivity index (χ2v) is 1.64. The van der Waals surface area contributed by atoms with Crippen LogP contribution in [0.2, 0.25) is 0 Å². The highest BCUT2D eigenvalue weighted by molar-refractivity contribution is 5.83. The Morgan fingerprint density at radius 1 is 1.67 bits per heavy atom. The van der Waals surface area contributed by atoms with Crippen molar-refractivity contribution in [3.05, 3.63) is 6.92 Å². The van der Waals surface area contributed by atoms with Crippen LogP contribution >= 0.6 is 0 Å². The summed E-state index contributed by atoms with van der Waals surface area (Å²) in [5.74, 6) is -1.52. The predicted octanol–water partition coefficient (Wildman–Crippen LogP) is -0.637. The summed E-state index contributed by atoms with van der Waals surface area (Å²) in [5.41, 5.74) is 0. The molecule has 0 unspecified atom stereocenters. The molecule has 9 heavy (non-hydrogen) atoms. The van der Waals surface area contributed by atoms with E-state index in [2.05, 4.69) is 6.92 Å². The van der Waals surface area contributed by atoms with Crippen molar-refractivity contribution in [3.8, 4) is 0 Å². The lowest BCUT2D eigenvalue weighted by Gasteiger charge is -2.09. The number of carboxylic acids is 1. The molecule has 0 rings (SSSR count). The largest absolute Gasteiger partial charge is 0.480 e. The molecule has 1 radical (unpaired) electrons. The summed E-state index contributed by atoms with van der Waals surface area (Å²) in [6.07, 6.45) is 0. The Balaban J connectivity index is 3.63. The lowest BCUT2D eigenvalue weighted by Crippen LogP contribution is -2.29. The minimum atomic E-state index is -1.03. The van der Waals surface area contributed by atoms with Crippen LogP contribution in [0.15, 0.2) is 0 Å². The number of likely N-dealkylation sites (N-methyl/N-ethyl adjacent to an activating group) is 1. The molecular weight excluding hydrogens is 122 g/mol. The van der Waals surface area contributed by atoms with Gasteiger partial charge in [-0.15, -0.1) is 0 Å². The molecule has 0 aliphatic heterocycles. The van der Waals surface area contributed by atoms with E-state index in [9.17, 15) is 9.59 Å². The van der Waals surface area contributed by atoms with Crippen LogP contribution in [0.1, 0.15) is 0 Å². The highest BCUT2D eigenvalue weighted by Crippen LogP contribution is 1.80. The number of carboxylic acid groups (broad SMARTS) is 1. The molecule has 0 aliphatic rings. The quantitative estimate of drug-likeness (QED) is 0.541. The number of nitrogens with zero attached hydrogens (tertiary/aromatic N) is 1. The number of carbonyl (C=O) groups is 2. The van der Waals surface area contributed by atoms with Crippen molar-refractivity contribution >= 4 is 11.9 Å². The van der Waals surface area contributed by atoms with Gasteiger partial charge in [0.25, 0.3) is 0 Å². The van der Waals surface area contributed by atoms with Gasteiger partial charge in [-0.25, -0.2) is 0 Å². The van der Waals surface area contributed by atoms with Crippen LogP contribution in [0.3, 0.4) is 0 Å². The smallest absolute Gasteiger partial charge is 0.323 e. The average molecular weight is 130 g/mol. The van der Waals surface area contributed by atoms with E-state index < -0.39 is 11.9 Å². The summed E-state index contributed by atoms with van der Waals surface area (Å²) in [6, 6.07) is 0. The minimum absolute atomic E-state index is 0.289. The summed E-state index contributed by atoms with van der Waals surface area (Å²) < 4.78 is 0. The first-order valence-corrected chi connectivity index (χ1v) is 2.33. The van der Waals surface area contributed by atoms with Gasteiger partial charge in [-0.2, -0.15) is 0 Å². The summed E-state index contributed by atoms with van der Waals surface area (Å²) in [4.78, 5) is 21.1. The van der Waals surface area contributed by atoms with Gasteiger partial charge in [-0.3, -0.25) is 9.59 Å². The van der Waals surface area contributed by atoms with Crippen LogP contribution in [-0.2, 0) is 9.59 Å². The maximum Gasteiger partial charge on any atom is 0.323 e. The first-order valence-electron chi connectivity index (χ1n) is 2.33. The second kappa shape index (κ2) is 3.06.